The van der Waals surface area contributed by atoms with Crippen molar-refractivity contribution in [3.05, 3.63) is 35.4 Å². The lowest BCUT2D eigenvalue weighted by molar-refractivity contribution is 0.103. The van der Waals surface area contributed by atoms with Gasteiger partial charge in [-0.3, -0.25) is 0 Å². The maximum atomic E-state index is 8.81. The fourth-order valence-electron chi connectivity index (χ4n) is 2.34. The smallest absolute Gasteiger partial charge is 0.0991 e. The number of nitriles is 1. The van der Waals surface area contributed by atoms with Crippen LogP contribution in [0.15, 0.2) is 24.3 Å². The highest BCUT2D eigenvalue weighted by molar-refractivity contribution is 5.32. The third kappa shape index (κ3) is 4.14. The van der Waals surface area contributed by atoms with E-state index in [4.69, 9.17) is 10.00 Å². The molecule has 1 saturated heterocycles. The summed E-state index contributed by atoms with van der Waals surface area (Å²) in [5.41, 5.74) is 1.78. The van der Waals surface area contributed by atoms with Crippen LogP contribution in [0.3, 0.4) is 0 Å². The van der Waals surface area contributed by atoms with Gasteiger partial charge in [-0.2, -0.15) is 5.26 Å². The second-order valence-corrected chi connectivity index (χ2v) is 4.87. The summed E-state index contributed by atoms with van der Waals surface area (Å²) in [6.45, 7) is 3.71. The molecule has 1 N–H and O–H groups in total. The molecule has 0 bridgehead atoms. The van der Waals surface area contributed by atoms with Crippen molar-refractivity contribution in [3.8, 4) is 6.07 Å². The van der Waals surface area contributed by atoms with E-state index in [1.54, 1.807) is 0 Å². The lowest BCUT2D eigenvalue weighted by Gasteiger charge is -2.22. The van der Waals surface area contributed by atoms with Crippen LogP contribution < -0.4 is 5.32 Å². The Morgan fingerprint density at radius 3 is 3.17 bits per heavy atom. The lowest BCUT2D eigenvalue weighted by Crippen LogP contribution is -2.30. The third-order valence-corrected chi connectivity index (χ3v) is 3.39. The molecule has 2 rings (SSSR count). The Labute approximate surface area is 109 Å². The summed E-state index contributed by atoms with van der Waals surface area (Å²) in [6.07, 6.45) is 3.74. The van der Waals surface area contributed by atoms with E-state index in [9.17, 15) is 0 Å². The van der Waals surface area contributed by atoms with Gasteiger partial charge in [-0.15, -0.1) is 0 Å². The second-order valence-electron chi connectivity index (χ2n) is 4.87. The molecular weight excluding hydrogens is 224 g/mol. The van der Waals surface area contributed by atoms with Gasteiger partial charge in [-0.1, -0.05) is 12.1 Å². The van der Waals surface area contributed by atoms with Crippen LogP contribution in [0.5, 0.6) is 0 Å². The zero-order valence-corrected chi connectivity index (χ0v) is 10.7. The number of nitrogens with zero attached hydrogens (tertiary/aromatic N) is 1. The molecule has 0 radical (unpaired) electrons. The molecule has 1 atom stereocenters. The quantitative estimate of drug-likeness (QED) is 0.809. The molecule has 1 unspecified atom stereocenters. The van der Waals surface area contributed by atoms with Gasteiger partial charge in [0.05, 0.1) is 18.2 Å². The van der Waals surface area contributed by atoms with Crippen molar-refractivity contribution in [1.82, 2.24) is 5.32 Å². The molecule has 1 heterocycles. The van der Waals surface area contributed by atoms with E-state index in [-0.39, 0.29) is 0 Å². The zero-order chi connectivity index (χ0) is 12.6. The van der Waals surface area contributed by atoms with Gasteiger partial charge in [0.25, 0.3) is 0 Å². The highest BCUT2D eigenvalue weighted by atomic mass is 16.5. The van der Waals surface area contributed by atoms with Crippen molar-refractivity contribution in [1.29, 1.82) is 5.26 Å². The molecule has 0 spiro atoms. The number of hydrogen-bond donors (Lipinski definition) is 1. The summed E-state index contributed by atoms with van der Waals surface area (Å²) in [5, 5.41) is 12.2. The average molecular weight is 244 g/mol. The molecule has 0 amide bonds. The molecule has 1 aromatic carbocycles. The topological polar surface area (TPSA) is 45.0 Å². The molecule has 3 heteroatoms. The van der Waals surface area contributed by atoms with E-state index in [1.165, 1.54) is 12.8 Å². The van der Waals surface area contributed by atoms with Crippen molar-refractivity contribution in [2.24, 2.45) is 5.92 Å². The van der Waals surface area contributed by atoms with Crippen LogP contribution in [0.4, 0.5) is 0 Å². The van der Waals surface area contributed by atoms with E-state index >= 15 is 0 Å². The fourth-order valence-corrected chi connectivity index (χ4v) is 2.34. The van der Waals surface area contributed by atoms with Gasteiger partial charge in [0.1, 0.15) is 0 Å². The molecule has 1 aliphatic heterocycles. The summed E-state index contributed by atoms with van der Waals surface area (Å²) >= 11 is 0. The predicted octanol–water partition coefficient (Wildman–Crippen LogP) is 2.46. The Balaban J connectivity index is 1.67. The SMILES string of the molecule is N#Cc1cccc(COCCC2CCCNC2)c1. The number of benzene rings is 1. The van der Waals surface area contributed by atoms with E-state index in [2.05, 4.69) is 11.4 Å². The van der Waals surface area contributed by atoms with Crippen LogP contribution in [0, 0.1) is 17.2 Å². The van der Waals surface area contributed by atoms with Gasteiger partial charge >= 0.3 is 0 Å². The Morgan fingerprint density at radius 1 is 1.44 bits per heavy atom. The summed E-state index contributed by atoms with van der Waals surface area (Å²) in [6, 6.07) is 9.76. The number of nitrogens with one attached hydrogen (secondary N) is 1. The van der Waals surface area contributed by atoms with Crippen molar-refractivity contribution < 1.29 is 4.74 Å². The van der Waals surface area contributed by atoms with Crippen molar-refractivity contribution in [2.75, 3.05) is 19.7 Å². The highest BCUT2D eigenvalue weighted by Crippen LogP contribution is 2.14. The normalized spacial score (nSPS) is 19.4. The van der Waals surface area contributed by atoms with Crippen molar-refractivity contribution >= 4 is 0 Å². The molecule has 1 aromatic rings. The lowest BCUT2D eigenvalue weighted by atomic mass is 9.97. The largest absolute Gasteiger partial charge is 0.377 e. The molecule has 18 heavy (non-hydrogen) atoms. The summed E-state index contributed by atoms with van der Waals surface area (Å²) < 4.78 is 5.68. The minimum Gasteiger partial charge on any atom is -0.377 e. The van der Waals surface area contributed by atoms with Crippen LogP contribution in [0.2, 0.25) is 0 Å². The molecule has 0 saturated carbocycles. The molecule has 1 aliphatic rings. The number of piperidine rings is 1. The van der Waals surface area contributed by atoms with Gasteiger partial charge in [-0.05, 0) is 56.0 Å². The first-order valence-electron chi connectivity index (χ1n) is 6.66. The van der Waals surface area contributed by atoms with Crippen LogP contribution in [-0.4, -0.2) is 19.7 Å². The highest BCUT2D eigenvalue weighted by Gasteiger charge is 2.12. The Hall–Kier alpha value is -1.37. The van der Waals surface area contributed by atoms with Crippen LogP contribution in [0.25, 0.3) is 0 Å². The maximum Gasteiger partial charge on any atom is 0.0991 e. The monoisotopic (exact) mass is 244 g/mol. The van der Waals surface area contributed by atoms with E-state index in [0.29, 0.717) is 12.2 Å². The van der Waals surface area contributed by atoms with Gasteiger partial charge in [0.2, 0.25) is 0 Å². The molecule has 3 nitrogen and oxygen atoms in total. The van der Waals surface area contributed by atoms with Gasteiger partial charge in [0.15, 0.2) is 0 Å². The third-order valence-electron chi connectivity index (χ3n) is 3.39. The fraction of sp³-hybridized carbons (Fsp3) is 0.533. The van der Waals surface area contributed by atoms with E-state index in [0.717, 1.165) is 37.6 Å². The average Bonchev–Trinajstić information content (AvgIpc) is 2.45. The number of hydrogen-bond acceptors (Lipinski definition) is 3. The number of rotatable bonds is 5. The summed E-state index contributed by atoms with van der Waals surface area (Å²) in [5.74, 6) is 0.768. The molecule has 1 fully saturated rings. The Morgan fingerprint density at radius 2 is 2.39 bits per heavy atom. The zero-order valence-electron chi connectivity index (χ0n) is 10.7. The van der Waals surface area contributed by atoms with Gasteiger partial charge < -0.3 is 10.1 Å². The van der Waals surface area contributed by atoms with E-state index < -0.39 is 0 Å². The predicted molar refractivity (Wildman–Crippen MR) is 71.0 cm³/mol. The van der Waals surface area contributed by atoms with Crippen LogP contribution >= 0.6 is 0 Å². The van der Waals surface area contributed by atoms with E-state index in [1.807, 2.05) is 24.3 Å². The number of ether oxygens (including phenoxy) is 1. The standard InChI is InChI=1S/C15H20N2O/c16-10-14-3-1-4-15(9-14)12-18-8-6-13-5-2-7-17-11-13/h1,3-4,9,13,17H,2,5-8,11-12H2. The Kier molecular flexibility index (Phi) is 5.19. The molecule has 96 valence electrons. The maximum absolute atomic E-state index is 8.81. The molecular formula is C15H20N2O. The first-order valence-corrected chi connectivity index (χ1v) is 6.66. The minimum absolute atomic E-state index is 0.607. The van der Waals surface area contributed by atoms with Gasteiger partial charge in [0, 0.05) is 6.61 Å². The van der Waals surface area contributed by atoms with Gasteiger partial charge in [-0.25, -0.2) is 0 Å². The second kappa shape index (κ2) is 7.15. The first kappa shape index (κ1) is 13.1. The molecule has 0 aliphatic carbocycles. The minimum atomic E-state index is 0.607. The Bertz CT molecular complexity index is 405. The van der Waals surface area contributed by atoms with Crippen molar-refractivity contribution in [3.63, 3.8) is 0 Å². The van der Waals surface area contributed by atoms with Crippen molar-refractivity contribution in [2.45, 2.75) is 25.9 Å². The summed E-state index contributed by atoms with van der Waals surface area (Å²) in [4.78, 5) is 0. The molecule has 0 aromatic heterocycles. The van der Waals surface area contributed by atoms with Crippen LogP contribution in [0.1, 0.15) is 30.4 Å². The summed E-state index contributed by atoms with van der Waals surface area (Å²) in [7, 11) is 0. The first-order chi connectivity index (χ1) is 8.88. The van der Waals surface area contributed by atoms with Crippen LogP contribution in [-0.2, 0) is 11.3 Å².